The molecule has 0 radical (unpaired) electrons. The van der Waals surface area contributed by atoms with Gasteiger partial charge >= 0.3 is 0 Å². The van der Waals surface area contributed by atoms with Crippen LogP contribution >= 0.6 is 15.9 Å². The van der Waals surface area contributed by atoms with Crippen molar-refractivity contribution >= 4 is 21.7 Å². The molecule has 1 rings (SSSR count). The lowest BCUT2D eigenvalue weighted by molar-refractivity contribution is -0.129. The number of hydrogen-bond donors (Lipinski definition) is 1. The van der Waals surface area contributed by atoms with Gasteiger partial charge in [0.25, 0.3) is 0 Å². The number of methoxy groups -OCH3 is 1. The Kier molecular flexibility index (Phi) is 6.52. The van der Waals surface area contributed by atoms with Crippen molar-refractivity contribution in [3.8, 4) is 5.75 Å². The van der Waals surface area contributed by atoms with Crippen LogP contribution in [0.3, 0.4) is 0 Å². The molecule has 0 aliphatic heterocycles. The van der Waals surface area contributed by atoms with E-state index in [0.717, 1.165) is 22.9 Å². The molecule has 0 saturated heterocycles. The van der Waals surface area contributed by atoms with Crippen molar-refractivity contribution in [2.75, 3.05) is 7.11 Å². The second kappa shape index (κ2) is 7.65. The van der Waals surface area contributed by atoms with Crippen LogP contribution in [0.2, 0.25) is 0 Å². The van der Waals surface area contributed by atoms with E-state index in [0.29, 0.717) is 5.75 Å². The minimum atomic E-state index is -0.890. The highest BCUT2D eigenvalue weighted by Crippen LogP contribution is 2.25. The lowest BCUT2D eigenvalue weighted by atomic mass is 9.91. The number of hydrogen-bond acceptors (Lipinski definition) is 3. The summed E-state index contributed by atoms with van der Waals surface area (Å²) >= 11 is 3.38. The number of rotatable bonds is 7. The Morgan fingerprint density at radius 2 is 2.00 bits per heavy atom. The maximum atomic E-state index is 12.1. The fourth-order valence-corrected chi connectivity index (χ4v) is 2.58. The minimum Gasteiger partial charge on any atom is -0.496 e. The number of aliphatic hydroxyl groups is 1. The third kappa shape index (κ3) is 4.32. The highest BCUT2D eigenvalue weighted by molar-refractivity contribution is 9.10. The van der Waals surface area contributed by atoms with E-state index in [2.05, 4.69) is 15.9 Å². The molecule has 0 amide bonds. The average molecular weight is 329 g/mol. The first kappa shape index (κ1) is 16.2. The van der Waals surface area contributed by atoms with E-state index < -0.39 is 6.10 Å². The summed E-state index contributed by atoms with van der Waals surface area (Å²) in [4.78, 5) is 12.1. The van der Waals surface area contributed by atoms with Crippen LogP contribution in [0.15, 0.2) is 22.7 Å². The first-order valence-corrected chi connectivity index (χ1v) is 7.35. The van der Waals surface area contributed by atoms with Gasteiger partial charge in [0.1, 0.15) is 11.9 Å². The Labute approximate surface area is 123 Å². The number of halogens is 1. The van der Waals surface area contributed by atoms with Crippen LogP contribution in [0.25, 0.3) is 0 Å². The number of ketones is 1. The normalized spacial score (nSPS) is 12.5. The van der Waals surface area contributed by atoms with E-state index >= 15 is 0 Å². The molecule has 0 aliphatic rings. The summed E-state index contributed by atoms with van der Waals surface area (Å²) in [6.07, 6.45) is 0.914. The molecule has 1 atom stereocenters. The summed E-state index contributed by atoms with van der Waals surface area (Å²) in [5.74, 6) is 0.559. The topological polar surface area (TPSA) is 46.5 Å². The molecule has 0 heterocycles. The zero-order chi connectivity index (χ0) is 14.4. The van der Waals surface area contributed by atoms with Crippen LogP contribution in [-0.4, -0.2) is 24.1 Å². The van der Waals surface area contributed by atoms with Gasteiger partial charge in [-0.15, -0.1) is 0 Å². The summed E-state index contributed by atoms with van der Waals surface area (Å²) in [6, 6.07) is 5.54. The Bertz CT molecular complexity index is 427. The van der Waals surface area contributed by atoms with Crippen molar-refractivity contribution in [2.24, 2.45) is 5.92 Å². The summed E-state index contributed by atoms with van der Waals surface area (Å²) in [7, 11) is 1.58. The number of Topliss-reactive ketones (excluding diaryl/α,β-unsaturated/α-hetero) is 1. The zero-order valence-electron chi connectivity index (χ0n) is 11.6. The third-order valence-electron chi connectivity index (χ3n) is 3.43. The molecule has 1 aromatic rings. The molecule has 106 valence electrons. The summed E-state index contributed by atoms with van der Waals surface area (Å²) in [5.41, 5.74) is 0.798. The largest absolute Gasteiger partial charge is 0.496 e. The van der Waals surface area contributed by atoms with Gasteiger partial charge in [-0.1, -0.05) is 42.6 Å². The van der Waals surface area contributed by atoms with Crippen LogP contribution in [0, 0.1) is 5.92 Å². The fourth-order valence-electron chi connectivity index (χ4n) is 2.18. The van der Waals surface area contributed by atoms with Crippen molar-refractivity contribution in [1.29, 1.82) is 0 Å². The SMILES string of the molecule is CCC(CC)C(O)C(=O)Cc1cc(Br)ccc1OC. The van der Waals surface area contributed by atoms with E-state index in [1.54, 1.807) is 7.11 Å². The Balaban J connectivity index is 2.84. The van der Waals surface area contributed by atoms with Crippen LogP contribution in [0.5, 0.6) is 5.75 Å². The second-order valence-corrected chi connectivity index (χ2v) is 5.54. The molecule has 1 unspecified atom stereocenters. The van der Waals surface area contributed by atoms with Crippen molar-refractivity contribution in [2.45, 2.75) is 39.2 Å². The summed E-state index contributed by atoms with van der Waals surface area (Å²) < 4.78 is 6.14. The highest BCUT2D eigenvalue weighted by Gasteiger charge is 2.24. The molecular formula is C15H21BrO3. The molecule has 0 fully saturated rings. The van der Waals surface area contributed by atoms with E-state index in [9.17, 15) is 9.90 Å². The molecule has 0 saturated carbocycles. The highest BCUT2D eigenvalue weighted by atomic mass is 79.9. The van der Waals surface area contributed by atoms with Crippen LogP contribution in [0.1, 0.15) is 32.3 Å². The standard InChI is InChI=1S/C15H21BrO3/c1-4-10(5-2)15(18)13(17)9-11-8-12(16)6-7-14(11)19-3/h6-8,10,15,18H,4-5,9H2,1-3H3. The van der Waals surface area contributed by atoms with Gasteiger partial charge in [-0.25, -0.2) is 0 Å². The molecule has 3 nitrogen and oxygen atoms in total. The quantitative estimate of drug-likeness (QED) is 0.834. The van der Waals surface area contributed by atoms with E-state index in [1.165, 1.54) is 0 Å². The number of benzene rings is 1. The number of carbonyl (C=O) groups excluding carboxylic acids is 1. The van der Waals surface area contributed by atoms with Crippen LogP contribution < -0.4 is 4.74 Å². The first-order valence-electron chi connectivity index (χ1n) is 6.56. The molecule has 0 spiro atoms. The molecule has 1 N–H and O–H groups in total. The van der Waals surface area contributed by atoms with Gasteiger partial charge in [-0.2, -0.15) is 0 Å². The van der Waals surface area contributed by atoms with Crippen molar-refractivity contribution in [1.82, 2.24) is 0 Å². The van der Waals surface area contributed by atoms with E-state index in [4.69, 9.17) is 4.74 Å². The minimum absolute atomic E-state index is 0.0330. The third-order valence-corrected chi connectivity index (χ3v) is 3.93. The van der Waals surface area contributed by atoms with Crippen molar-refractivity contribution in [3.63, 3.8) is 0 Å². The van der Waals surface area contributed by atoms with Gasteiger partial charge in [-0.05, 0) is 24.1 Å². The molecule has 0 bridgehead atoms. The van der Waals surface area contributed by atoms with Crippen molar-refractivity contribution < 1.29 is 14.6 Å². The second-order valence-electron chi connectivity index (χ2n) is 4.62. The first-order chi connectivity index (χ1) is 9.03. The Morgan fingerprint density at radius 1 is 1.37 bits per heavy atom. The van der Waals surface area contributed by atoms with Gasteiger partial charge in [0.2, 0.25) is 0 Å². The van der Waals surface area contributed by atoms with Crippen molar-refractivity contribution in [3.05, 3.63) is 28.2 Å². The summed E-state index contributed by atoms with van der Waals surface area (Å²) in [6.45, 7) is 3.98. The average Bonchev–Trinajstić information content (AvgIpc) is 2.40. The molecule has 19 heavy (non-hydrogen) atoms. The number of carbonyl (C=O) groups is 1. The van der Waals surface area contributed by atoms with E-state index in [-0.39, 0.29) is 18.1 Å². The predicted molar refractivity (Wildman–Crippen MR) is 79.5 cm³/mol. The zero-order valence-corrected chi connectivity index (χ0v) is 13.2. The smallest absolute Gasteiger partial charge is 0.166 e. The maximum Gasteiger partial charge on any atom is 0.166 e. The maximum absolute atomic E-state index is 12.1. The number of ether oxygens (including phenoxy) is 1. The van der Waals surface area contributed by atoms with Gasteiger partial charge in [0.15, 0.2) is 5.78 Å². The fraction of sp³-hybridized carbons (Fsp3) is 0.533. The number of aliphatic hydroxyl groups excluding tert-OH is 1. The van der Waals surface area contributed by atoms with Gasteiger partial charge in [-0.3, -0.25) is 4.79 Å². The molecule has 1 aromatic carbocycles. The lowest BCUT2D eigenvalue weighted by Gasteiger charge is -2.19. The van der Waals surface area contributed by atoms with Gasteiger partial charge < -0.3 is 9.84 Å². The van der Waals surface area contributed by atoms with E-state index in [1.807, 2.05) is 32.0 Å². The summed E-state index contributed by atoms with van der Waals surface area (Å²) in [5, 5.41) is 10.1. The molecular weight excluding hydrogens is 308 g/mol. The predicted octanol–water partition coefficient (Wildman–Crippen LogP) is 3.37. The Hall–Kier alpha value is -0.870. The monoisotopic (exact) mass is 328 g/mol. The molecule has 0 aliphatic carbocycles. The van der Waals surface area contributed by atoms with Crippen LogP contribution in [0.4, 0.5) is 0 Å². The van der Waals surface area contributed by atoms with Crippen LogP contribution in [-0.2, 0) is 11.2 Å². The lowest BCUT2D eigenvalue weighted by Crippen LogP contribution is -2.30. The van der Waals surface area contributed by atoms with Gasteiger partial charge in [0.05, 0.1) is 7.11 Å². The molecule has 0 aromatic heterocycles. The van der Waals surface area contributed by atoms with Gasteiger partial charge in [0, 0.05) is 16.5 Å². The Morgan fingerprint density at radius 3 is 2.53 bits per heavy atom. The molecule has 4 heteroatoms.